The van der Waals surface area contributed by atoms with Crippen molar-refractivity contribution in [3.63, 3.8) is 0 Å². The molecule has 2 aromatic rings. The Kier molecular flexibility index (Phi) is 4.11. The van der Waals surface area contributed by atoms with E-state index in [1.165, 1.54) is 12.1 Å². The molecule has 2 nitrogen and oxygen atoms in total. The van der Waals surface area contributed by atoms with E-state index in [9.17, 15) is 9.65 Å². The van der Waals surface area contributed by atoms with Crippen molar-refractivity contribution in [1.82, 2.24) is 5.32 Å². The quantitative estimate of drug-likeness (QED) is 0.839. The van der Waals surface area contributed by atoms with Gasteiger partial charge in [0.25, 0.3) is 0 Å². The Bertz CT molecular complexity index is 803. The average Bonchev–Trinajstić information content (AvgIpc) is 2.55. The van der Waals surface area contributed by atoms with E-state index in [1.54, 1.807) is 6.07 Å². The van der Waals surface area contributed by atoms with Crippen molar-refractivity contribution < 1.29 is 4.39 Å². The van der Waals surface area contributed by atoms with Crippen LogP contribution in [0, 0.1) is 17.1 Å². The second kappa shape index (κ2) is 6.19. The van der Waals surface area contributed by atoms with Crippen LogP contribution in [0.2, 0.25) is 0 Å². The molecule has 0 spiro atoms. The van der Waals surface area contributed by atoms with Crippen molar-refractivity contribution in [3.05, 3.63) is 87.8 Å². The zero-order chi connectivity index (χ0) is 15.5. The first-order valence-corrected chi connectivity index (χ1v) is 7.65. The Balaban J connectivity index is 2.09. The predicted molar refractivity (Wildman–Crippen MR) is 85.1 cm³/mol. The van der Waals surface area contributed by atoms with Gasteiger partial charge in [-0.05, 0) is 0 Å². The van der Waals surface area contributed by atoms with Gasteiger partial charge < -0.3 is 0 Å². The van der Waals surface area contributed by atoms with Crippen molar-refractivity contribution >= 4 is 21.7 Å². The number of nitrogens with zero attached hydrogens (tertiary/aromatic N) is 1. The van der Waals surface area contributed by atoms with E-state index in [0.29, 0.717) is 10.2 Å². The molecule has 0 saturated carbocycles. The van der Waals surface area contributed by atoms with E-state index in [0.717, 1.165) is 16.8 Å². The van der Waals surface area contributed by atoms with Crippen LogP contribution in [0.25, 0.3) is 5.70 Å². The fourth-order valence-electron chi connectivity index (χ4n) is 2.49. The molecule has 0 amide bonds. The van der Waals surface area contributed by atoms with Crippen LogP contribution in [0.1, 0.15) is 17.0 Å². The number of hydrogen-bond donors (Lipinski definition) is 1. The summed E-state index contributed by atoms with van der Waals surface area (Å²) in [5.41, 5.74) is 3.25. The summed E-state index contributed by atoms with van der Waals surface area (Å²) in [6, 6.07) is 18.4. The molecule has 1 radical (unpaired) electrons. The van der Waals surface area contributed by atoms with E-state index < -0.39 is 0 Å². The van der Waals surface area contributed by atoms with Crippen LogP contribution in [0.4, 0.5) is 4.39 Å². The summed E-state index contributed by atoms with van der Waals surface area (Å²) in [5.74, 6) is -0.571. The second-order valence-corrected chi connectivity index (χ2v) is 5.82. The van der Waals surface area contributed by atoms with Gasteiger partial charge in [0, 0.05) is 0 Å². The Labute approximate surface area is 136 Å². The zero-order valence-electron chi connectivity index (χ0n) is 11.6. The van der Waals surface area contributed by atoms with Crippen LogP contribution in [-0.4, -0.2) is 16.0 Å². The maximum absolute atomic E-state index is 13.5. The van der Waals surface area contributed by atoms with E-state index >= 15 is 0 Å². The third-order valence-corrected chi connectivity index (χ3v) is 4.23. The Morgan fingerprint density at radius 1 is 1.09 bits per heavy atom. The van der Waals surface area contributed by atoms with Crippen LogP contribution in [-0.2, 0) is 0 Å². The van der Waals surface area contributed by atoms with Gasteiger partial charge in [0.15, 0.2) is 0 Å². The topological polar surface area (TPSA) is 35.8 Å². The van der Waals surface area contributed by atoms with Crippen LogP contribution in [0.15, 0.2) is 70.8 Å². The molecule has 0 bridgehead atoms. The number of benzene rings is 2. The first kappa shape index (κ1) is 14.6. The molecule has 0 fully saturated rings. The van der Waals surface area contributed by atoms with Gasteiger partial charge in [-0.1, -0.05) is 0 Å². The summed E-state index contributed by atoms with van der Waals surface area (Å²) in [6.45, 7) is 0. The summed E-state index contributed by atoms with van der Waals surface area (Å²) >= 11 is 2.91. The molecule has 1 heterocycles. The minimum atomic E-state index is -0.301. The van der Waals surface area contributed by atoms with Crippen LogP contribution in [0.3, 0.4) is 0 Å². The van der Waals surface area contributed by atoms with Crippen LogP contribution < -0.4 is 5.32 Å². The van der Waals surface area contributed by atoms with Crippen molar-refractivity contribution in [1.29, 1.82) is 5.26 Å². The Morgan fingerprint density at radius 2 is 1.86 bits per heavy atom. The van der Waals surface area contributed by atoms with Gasteiger partial charge in [-0.3, -0.25) is 0 Å². The van der Waals surface area contributed by atoms with Gasteiger partial charge in [-0.2, -0.15) is 0 Å². The fraction of sp³-hybridized carbons (Fsp3) is 0.0556. The number of dihydropyridines is 1. The van der Waals surface area contributed by atoms with E-state index in [4.69, 9.17) is 0 Å². The third kappa shape index (κ3) is 2.82. The van der Waals surface area contributed by atoms with E-state index in [1.807, 2.05) is 42.5 Å². The molecular formula is C18H12FN2Se. The molecule has 1 unspecified atom stereocenters. The molecule has 0 aromatic heterocycles. The molecule has 1 aliphatic heterocycles. The van der Waals surface area contributed by atoms with Gasteiger partial charge in [-0.15, -0.1) is 0 Å². The van der Waals surface area contributed by atoms with Gasteiger partial charge in [0.1, 0.15) is 0 Å². The summed E-state index contributed by atoms with van der Waals surface area (Å²) < 4.78 is 14.2. The molecule has 1 aliphatic rings. The van der Waals surface area contributed by atoms with Crippen LogP contribution in [0.5, 0.6) is 0 Å². The first-order chi connectivity index (χ1) is 10.7. The molecular weight excluding hydrogens is 342 g/mol. The molecule has 3 rings (SSSR count). The molecule has 0 aliphatic carbocycles. The number of halogens is 1. The van der Waals surface area contributed by atoms with Crippen molar-refractivity contribution in [2.24, 2.45) is 0 Å². The standard InChI is InChI=1S/C18H12FN2Se/c19-14-8-4-7-13(9-14)15-10-17(12-5-2-1-3-6-12)21-18(22)16(15)11-20/h1-10,15,21H. The molecule has 0 saturated heterocycles. The summed E-state index contributed by atoms with van der Waals surface area (Å²) in [6.07, 6.45) is 1.96. The zero-order valence-corrected chi connectivity index (χ0v) is 13.3. The molecule has 1 atom stereocenters. The molecule has 1 N–H and O–H groups in total. The maximum atomic E-state index is 13.5. The average molecular weight is 354 g/mol. The number of rotatable bonds is 2. The Hall–Kier alpha value is -2.34. The van der Waals surface area contributed by atoms with E-state index in [-0.39, 0.29) is 11.7 Å². The Morgan fingerprint density at radius 3 is 2.55 bits per heavy atom. The molecule has 22 heavy (non-hydrogen) atoms. The minimum absolute atomic E-state index is 0.270. The first-order valence-electron chi connectivity index (χ1n) is 6.80. The van der Waals surface area contributed by atoms with Gasteiger partial charge in [0.05, 0.1) is 0 Å². The van der Waals surface area contributed by atoms with Gasteiger partial charge in [-0.25, -0.2) is 0 Å². The molecule has 107 valence electrons. The van der Waals surface area contributed by atoms with Crippen LogP contribution >= 0.6 is 0 Å². The summed E-state index contributed by atoms with van der Waals surface area (Å²) in [4.78, 5) is 0. The SMILES string of the molecule is N#CC1=C([Se])NC(c2ccccc2)=CC1c1cccc(F)c1. The van der Waals surface area contributed by atoms with Crippen molar-refractivity contribution in [2.45, 2.75) is 5.92 Å². The third-order valence-electron chi connectivity index (χ3n) is 3.55. The van der Waals surface area contributed by atoms with Gasteiger partial charge in [0.2, 0.25) is 0 Å². The van der Waals surface area contributed by atoms with E-state index in [2.05, 4.69) is 27.4 Å². The predicted octanol–water partition coefficient (Wildman–Crippen LogP) is 3.46. The summed E-state index contributed by atoms with van der Waals surface area (Å²) in [7, 11) is 0. The van der Waals surface area contributed by atoms with Gasteiger partial charge >= 0.3 is 136 Å². The molecule has 4 heteroatoms. The normalized spacial score (nSPS) is 17.5. The number of nitrogens with one attached hydrogen (secondary N) is 1. The number of allylic oxidation sites excluding steroid dienone is 2. The second-order valence-electron chi connectivity index (χ2n) is 4.96. The summed E-state index contributed by atoms with van der Waals surface area (Å²) in [5, 5.41) is 12.6. The molecule has 2 aromatic carbocycles. The number of nitriles is 1. The van der Waals surface area contributed by atoms with Crippen molar-refractivity contribution in [2.75, 3.05) is 0 Å². The number of hydrogen-bond acceptors (Lipinski definition) is 2. The van der Waals surface area contributed by atoms with Crippen molar-refractivity contribution in [3.8, 4) is 6.07 Å². The monoisotopic (exact) mass is 355 g/mol. The fourth-order valence-corrected chi connectivity index (χ4v) is 3.08.